The van der Waals surface area contributed by atoms with E-state index in [1.165, 1.54) is 16.0 Å². The quantitative estimate of drug-likeness (QED) is 0.536. The molecule has 1 fully saturated rings. The van der Waals surface area contributed by atoms with Crippen molar-refractivity contribution in [2.24, 2.45) is 0 Å². The Kier molecular flexibility index (Phi) is 6.05. The summed E-state index contributed by atoms with van der Waals surface area (Å²) in [5, 5.41) is 0. The lowest BCUT2D eigenvalue weighted by molar-refractivity contribution is -0.137. The van der Waals surface area contributed by atoms with E-state index in [0.717, 1.165) is 43.9 Å². The summed E-state index contributed by atoms with van der Waals surface area (Å²) in [7, 11) is 0. The van der Waals surface area contributed by atoms with Crippen LogP contribution < -0.4 is 0 Å². The van der Waals surface area contributed by atoms with E-state index in [2.05, 4.69) is 40.6 Å². The summed E-state index contributed by atoms with van der Waals surface area (Å²) in [4.78, 5) is 32.3. The van der Waals surface area contributed by atoms with Crippen molar-refractivity contribution >= 4 is 17.4 Å². The van der Waals surface area contributed by atoms with Crippen molar-refractivity contribution < 1.29 is 9.59 Å². The molecule has 2 aliphatic rings. The first-order valence-electron chi connectivity index (χ1n) is 10.8. The molecule has 2 aromatic carbocycles. The fourth-order valence-corrected chi connectivity index (χ4v) is 4.28. The fraction of sp³-hybridized carbons (Fsp3) is 0.308. The first-order valence-corrected chi connectivity index (χ1v) is 10.8. The van der Waals surface area contributed by atoms with Gasteiger partial charge in [-0.2, -0.15) is 0 Å². The summed E-state index contributed by atoms with van der Waals surface area (Å²) in [6.45, 7) is 12.1. The van der Waals surface area contributed by atoms with Gasteiger partial charge in [-0.3, -0.25) is 19.4 Å². The van der Waals surface area contributed by atoms with Crippen LogP contribution in [0.5, 0.6) is 0 Å². The number of aryl methyl sites for hydroxylation is 2. The van der Waals surface area contributed by atoms with Gasteiger partial charge in [-0.15, -0.1) is 6.58 Å². The highest BCUT2D eigenvalue weighted by Gasteiger charge is 2.41. The highest BCUT2D eigenvalue weighted by molar-refractivity contribution is 6.35. The number of hydrogen-bond acceptors (Lipinski definition) is 4. The van der Waals surface area contributed by atoms with Crippen molar-refractivity contribution in [1.29, 1.82) is 0 Å². The van der Waals surface area contributed by atoms with Gasteiger partial charge in [-0.05, 0) is 36.1 Å². The third-order valence-corrected chi connectivity index (χ3v) is 6.19. The van der Waals surface area contributed by atoms with Gasteiger partial charge in [0.1, 0.15) is 5.70 Å². The van der Waals surface area contributed by atoms with Gasteiger partial charge in [0.05, 0.1) is 5.57 Å². The third kappa shape index (κ3) is 4.19. The monoisotopic (exact) mass is 415 g/mol. The van der Waals surface area contributed by atoms with E-state index < -0.39 is 0 Å². The summed E-state index contributed by atoms with van der Waals surface area (Å²) >= 11 is 0. The van der Waals surface area contributed by atoms with E-state index in [4.69, 9.17) is 0 Å². The molecule has 5 nitrogen and oxygen atoms in total. The van der Waals surface area contributed by atoms with Crippen LogP contribution in [-0.2, 0) is 16.1 Å². The van der Waals surface area contributed by atoms with Gasteiger partial charge in [0.2, 0.25) is 0 Å². The highest BCUT2D eigenvalue weighted by atomic mass is 16.2. The van der Waals surface area contributed by atoms with E-state index in [1.807, 2.05) is 38.1 Å². The largest absolute Gasteiger partial charge is 0.364 e. The Morgan fingerprint density at radius 3 is 2.26 bits per heavy atom. The van der Waals surface area contributed by atoms with Gasteiger partial charge in [0, 0.05) is 39.3 Å². The highest BCUT2D eigenvalue weighted by Crippen LogP contribution is 2.33. The maximum Gasteiger partial charge on any atom is 0.278 e. The lowest BCUT2D eigenvalue weighted by Gasteiger charge is -2.36. The summed E-state index contributed by atoms with van der Waals surface area (Å²) in [5.41, 5.74) is 5.44. The standard InChI is InChI=1S/C26H29N3O2/c1-4-12-29-25(30)23(22-11-10-19(2)20(3)17-22)24(26(29)31)28-15-13-27(14-16-28)18-21-8-6-5-7-9-21/h4-11,17H,1,12-16,18H2,2-3H3. The van der Waals surface area contributed by atoms with Crippen LogP contribution >= 0.6 is 0 Å². The van der Waals surface area contributed by atoms with Crippen LogP contribution in [0.2, 0.25) is 0 Å². The SMILES string of the molecule is C=CCN1C(=O)C(c2ccc(C)c(C)c2)=C(N2CCN(Cc3ccccc3)CC2)C1=O. The topological polar surface area (TPSA) is 43.9 Å². The normalized spacial score (nSPS) is 17.6. The van der Waals surface area contributed by atoms with Gasteiger partial charge >= 0.3 is 0 Å². The Hall–Kier alpha value is -3.18. The predicted octanol–water partition coefficient (Wildman–Crippen LogP) is 3.39. The van der Waals surface area contributed by atoms with Gasteiger partial charge in [0.15, 0.2) is 0 Å². The Balaban J connectivity index is 1.60. The molecule has 31 heavy (non-hydrogen) atoms. The number of carbonyl (C=O) groups is 2. The lowest BCUT2D eigenvalue weighted by Crippen LogP contribution is -2.47. The Bertz CT molecular complexity index is 1030. The molecule has 4 rings (SSSR count). The average molecular weight is 416 g/mol. The molecule has 0 radical (unpaired) electrons. The van der Waals surface area contributed by atoms with Crippen LogP contribution in [0.4, 0.5) is 0 Å². The molecule has 160 valence electrons. The number of nitrogens with zero attached hydrogens (tertiary/aromatic N) is 3. The lowest BCUT2D eigenvalue weighted by atomic mass is 9.99. The molecule has 0 aliphatic carbocycles. The molecule has 0 aromatic heterocycles. The number of rotatable bonds is 6. The zero-order chi connectivity index (χ0) is 22.0. The zero-order valence-corrected chi connectivity index (χ0v) is 18.3. The summed E-state index contributed by atoms with van der Waals surface area (Å²) in [6.07, 6.45) is 1.61. The van der Waals surface area contributed by atoms with Gasteiger partial charge in [-0.25, -0.2) is 0 Å². The number of amides is 2. The van der Waals surface area contributed by atoms with E-state index in [0.29, 0.717) is 11.3 Å². The smallest absolute Gasteiger partial charge is 0.278 e. The summed E-state index contributed by atoms with van der Waals surface area (Å²) < 4.78 is 0. The van der Waals surface area contributed by atoms with E-state index in [1.54, 1.807) is 6.08 Å². The molecule has 0 N–H and O–H groups in total. The Morgan fingerprint density at radius 2 is 1.61 bits per heavy atom. The van der Waals surface area contributed by atoms with Crippen molar-refractivity contribution in [3.05, 3.63) is 89.1 Å². The van der Waals surface area contributed by atoms with Gasteiger partial charge < -0.3 is 4.90 Å². The second kappa shape index (κ2) is 8.90. The minimum Gasteiger partial charge on any atom is -0.364 e. The van der Waals surface area contributed by atoms with Crippen molar-refractivity contribution in [1.82, 2.24) is 14.7 Å². The first-order chi connectivity index (χ1) is 15.0. The second-order valence-electron chi connectivity index (χ2n) is 8.28. The molecule has 0 saturated carbocycles. The Labute approximate surface area is 184 Å². The first kappa shape index (κ1) is 21.1. The number of hydrogen-bond donors (Lipinski definition) is 0. The number of benzene rings is 2. The maximum absolute atomic E-state index is 13.3. The third-order valence-electron chi connectivity index (χ3n) is 6.19. The van der Waals surface area contributed by atoms with Crippen LogP contribution in [0.15, 0.2) is 66.9 Å². The molecule has 5 heteroatoms. The molecular formula is C26H29N3O2. The minimum atomic E-state index is -0.227. The van der Waals surface area contributed by atoms with Gasteiger partial charge in [0.25, 0.3) is 11.8 Å². The second-order valence-corrected chi connectivity index (χ2v) is 8.28. The molecule has 0 bridgehead atoms. The van der Waals surface area contributed by atoms with Gasteiger partial charge in [-0.1, -0.05) is 54.6 Å². The fourth-order valence-electron chi connectivity index (χ4n) is 4.28. The van der Waals surface area contributed by atoms with Crippen molar-refractivity contribution in [2.75, 3.05) is 32.7 Å². The van der Waals surface area contributed by atoms with E-state index in [9.17, 15) is 9.59 Å². The van der Waals surface area contributed by atoms with Crippen LogP contribution in [-0.4, -0.2) is 59.2 Å². The van der Waals surface area contributed by atoms with Crippen molar-refractivity contribution in [2.45, 2.75) is 20.4 Å². The van der Waals surface area contributed by atoms with Crippen LogP contribution in [0.1, 0.15) is 22.3 Å². The van der Waals surface area contributed by atoms with Crippen LogP contribution in [0, 0.1) is 13.8 Å². The molecule has 0 unspecified atom stereocenters. The zero-order valence-electron chi connectivity index (χ0n) is 18.3. The van der Waals surface area contributed by atoms with Crippen molar-refractivity contribution in [3.63, 3.8) is 0 Å². The van der Waals surface area contributed by atoms with Crippen LogP contribution in [0.3, 0.4) is 0 Å². The summed E-state index contributed by atoms with van der Waals surface area (Å²) in [6, 6.07) is 16.4. The maximum atomic E-state index is 13.3. The van der Waals surface area contributed by atoms with Crippen molar-refractivity contribution in [3.8, 4) is 0 Å². The summed E-state index contributed by atoms with van der Waals surface area (Å²) in [5.74, 6) is -0.440. The molecule has 0 spiro atoms. The number of carbonyl (C=O) groups excluding carboxylic acids is 2. The molecule has 2 aromatic rings. The number of imide groups is 1. The average Bonchev–Trinajstić information content (AvgIpc) is 3.02. The molecule has 2 heterocycles. The molecule has 2 aliphatic heterocycles. The van der Waals surface area contributed by atoms with Crippen LogP contribution in [0.25, 0.3) is 5.57 Å². The minimum absolute atomic E-state index is 0.213. The molecule has 2 amide bonds. The number of piperazine rings is 1. The molecular weight excluding hydrogens is 386 g/mol. The molecule has 0 atom stereocenters. The molecule has 1 saturated heterocycles. The predicted molar refractivity (Wildman–Crippen MR) is 123 cm³/mol. The Morgan fingerprint density at radius 1 is 0.903 bits per heavy atom. The van der Waals surface area contributed by atoms with E-state index >= 15 is 0 Å². The van der Waals surface area contributed by atoms with E-state index in [-0.39, 0.29) is 18.4 Å².